The number of hydrogen-bond donors (Lipinski definition) is 12. The van der Waals surface area contributed by atoms with Crippen molar-refractivity contribution in [2.24, 2.45) is 11.7 Å². The standard InChI is InChI=1S/C21H39NO3.C21H43NO2.C19H39NO2.C15H31NO2.2C11H23NO2/c1-2-3-4-5-6-7-8-9-10-11-12-13-14-15-16-17-20(23)22-19-18-21(24)25;1-2-3-4-5-6-7-8-9-10-11-12-13-14-15-16-17-19-22-20-18-21(23)24;1-2-3-4-5-6-7-8-9-10-11-12-13-14-15-17-20-18-16-19(21)22;1-2-3-4-5-6-7-8-9-10-11-13-16-14-12-15(17)18;1-3-5-6-9(4-2)7-8-10(12)11(13)14;1-2-3-4-5-6-7-9-12-10-8-11(13)14/h9-10H,2-8,11-19H2,1H3,(H,22,23)(H,24,25);22H,2-20H2,1H3,(H,23,24);20H,2-18H2,1H3,(H,21,22);16H,2-14H2,1H3,(H,17,18);9-10H,3-8,12H2,1-2H3,(H,13,14);12H,2-10H2,1H3,(H,13,14). The summed E-state index contributed by atoms with van der Waals surface area (Å²) in [6, 6.07) is -0.675. The normalized spacial score (nSPS) is 11.4. The third-order valence-electron chi connectivity index (χ3n) is 21.5. The van der Waals surface area contributed by atoms with Crippen LogP contribution in [0, 0.1) is 5.92 Å². The summed E-state index contributed by atoms with van der Waals surface area (Å²) in [7, 11) is 0. The lowest BCUT2D eigenvalue weighted by molar-refractivity contribution is -0.139. The molecule has 0 radical (unpaired) electrons. The average molecular weight is 1670 g/mol. The Kier molecular flexibility index (Phi) is 120. The Morgan fingerprint density at radius 2 is 0.453 bits per heavy atom. The third kappa shape index (κ3) is 135. The van der Waals surface area contributed by atoms with Crippen LogP contribution in [-0.2, 0) is 33.6 Å². The number of unbranched alkanes of at least 4 members (excludes halogenated alkanes) is 54. The number of hydrogen-bond acceptors (Lipinski definition) is 12. The lowest BCUT2D eigenvalue weighted by Gasteiger charge is -2.15. The first kappa shape index (κ1) is 124. The second-order valence-corrected chi connectivity index (χ2v) is 33.2. The molecule has 698 valence electrons. The Morgan fingerprint density at radius 1 is 0.239 bits per heavy atom. The molecule has 0 aromatic rings. The van der Waals surface area contributed by atoms with Crippen molar-refractivity contribution in [1.29, 1.82) is 0 Å². The highest BCUT2D eigenvalue weighted by Gasteiger charge is 2.14. The minimum atomic E-state index is -0.879. The van der Waals surface area contributed by atoms with Crippen molar-refractivity contribution in [3.8, 4) is 0 Å². The molecule has 117 heavy (non-hydrogen) atoms. The lowest BCUT2D eigenvalue weighted by Crippen LogP contribution is -2.30. The van der Waals surface area contributed by atoms with Crippen LogP contribution >= 0.6 is 0 Å². The molecule has 2 unspecified atom stereocenters. The molecule has 0 rings (SSSR count). The first-order valence-corrected chi connectivity index (χ1v) is 49.7. The number of carboxylic acid groups (broad SMARTS) is 6. The van der Waals surface area contributed by atoms with Gasteiger partial charge < -0.3 is 63.0 Å². The molecule has 0 heterocycles. The molecule has 13 N–H and O–H groups in total. The molecular weight excluding hydrogens is 1470 g/mol. The highest BCUT2D eigenvalue weighted by molar-refractivity contribution is 5.76. The van der Waals surface area contributed by atoms with Crippen LogP contribution in [-0.4, -0.2) is 137 Å². The Labute approximate surface area is 721 Å². The van der Waals surface area contributed by atoms with Crippen molar-refractivity contribution in [2.45, 2.75) is 510 Å². The first-order chi connectivity index (χ1) is 56.9. The Bertz CT molecular complexity index is 2020. The maximum atomic E-state index is 11.4. The molecule has 19 heteroatoms. The van der Waals surface area contributed by atoms with Crippen LogP contribution in [0.25, 0.3) is 0 Å². The zero-order valence-electron chi connectivity index (χ0n) is 78.0. The highest BCUT2D eigenvalue weighted by atomic mass is 16.4. The molecule has 0 aliphatic carbocycles. The van der Waals surface area contributed by atoms with E-state index in [4.69, 9.17) is 36.4 Å². The van der Waals surface area contributed by atoms with Gasteiger partial charge >= 0.3 is 35.8 Å². The second kappa shape index (κ2) is 114. The van der Waals surface area contributed by atoms with Crippen LogP contribution in [0.4, 0.5) is 0 Å². The maximum Gasteiger partial charge on any atom is 0.320 e. The molecule has 1 amide bonds. The molecule has 19 nitrogen and oxygen atoms in total. The minimum Gasteiger partial charge on any atom is -0.481 e. The van der Waals surface area contributed by atoms with E-state index in [2.05, 4.69) is 87.2 Å². The van der Waals surface area contributed by atoms with Gasteiger partial charge in [0.1, 0.15) is 6.04 Å². The van der Waals surface area contributed by atoms with Crippen molar-refractivity contribution in [3.63, 3.8) is 0 Å². The number of carbonyl (C=O) groups excluding carboxylic acids is 1. The Balaban J connectivity index is -0.000000320. The quantitative estimate of drug-likeness (QED) is 0.0199. The van der Waals surface area contributed by atoms with Gasteiger partial charge in [0, 0.05) is 39.1 Å². The number of nitrogens with one attached hydrogen (secondary N) is 5. The van der Waals surface area contributed by atoms with E-state index in [0.29, 0.717) is 44.9 Å². The van der Waals surface area contributed by atoms with E-state index in [9.17, 15) is 33.6 Å². The number of rotatable bonds is 88. The van der Waals surface area contributed by atoms with Gasteiger partial charge in [-0.1, -0.05) is 407 Å². The third-order valence-corrected chi connectivity index (χ3v) is 21.5. The van der Waals surface area contributed by atoms with Crippen LogP contribution in [0.1, 0.15) is 504 Å². The molecule has 0 fully saturated rings. The van der Waals surface area contributed by atoms with Crippen molar-refractivity contribution in [3.05, 3.63) is 12.2 Å². The summed E-state index contributed by atoms with van der Waals surface area (Å²) in [6.45, 7) is 22.1. The monoisotopic (exact) mass is 1670 g/mol. The predicted octanol–water partition coefficient (Wildman–Crippen LogP) is 26.2. The molecule has 0 saturated carbocycles. The van der Waals surface area contributed by atoms with Gasteiger partial charge in [0.05, 0.1) is 32.1 Å². The smallest absolute Gasteiger partial charge is 0.320 e. The fourth-order valence-electron chi connectivity index (χ4n) is 13.6. The van der Waals surface area contributed by atoms with Gasteiger partial charge in [-0.3, -0.25) is 33.6 Å². The molecule has 0 aromatic heterocycles. The largest absolute Gasteiger partial charge is 0.481 e. The SMILES string of the molecule is CCCCC(CC)CCC(N)C(=O)O.CCCCCCCCC=CCCCCCCCC(=O)NCCC(=O)O.CCCCCCCCCCCCCCCCCCNCCC(=O)O.CCCCCCCCCCCCCCCCNCCC(=O)O.CCCCCCCCCCCCNCCC(=O)O.CCCCCCCCNCCC(=O)O. The predicted molar refractivity (Wildman–Crippen MR) is 498 cm³/mol. The van der Waals surface area contributed by atoms with E-state index in [1.54, 1.807) is 0 Å². The topological polar surface area (TPSA) is 327 Å². The van der Waals surface area contributed by atoms with Gasteiger partial charge in [0.2, 0.25) is 5.91 Å². The van der Waals surface area contributed by atoms with Gasteiger partial charge in [-0.05, 0) is 103 Å². The van der Waals surface area contributed by atoms with Crippen LogP contribution in [0.2, 0.25) is 0 Å². The molecule has 0 spiro atoms. The summed E-state index contributed by atoms with van der Waals surface area (Å²) < 4.78 is 0. The zero-order chi connectivity index (χ0) is 87.7. The van der Waals surface area contributed by atoms with Crippen LogP contribution in [0.15, 0.2) is 12.2 Å². The molecule has 0 aliphatic heterocycles. The Morgan fingerprint density at radius 3 is 0.675 bits per heavy atom. The second-order valence-electron chi connectivity index (χ2n) is 33.2. The average Bonchev–Trinajstić information content (AvgIpc) is 0.976. The molecule has 0 bridgehead atoms. The van der Waals surface area contributed by atoms with E-state index in [-0.39, 0.29) is 44.6 Å². The van der Waals surface area contributed by atoms with Crippen molar-refractivity contribution in [2.75, 3.05) is 58.9 Å². The molecular formula is C98H198N6O13. The van der Waals surface area contributed by atoms with Crippen LogP contribution in [0.3, 0.4) is 0 Å². The van der Waals surface area contributed by atoms with Crippen molar-refractivity contribution in [1.82, 2.24) is 26.6 Å². The molecule has 0 aliphatic rings. The summed E-state index contributed by atoms with van der Waals surface area (Å²) in [5, 5.41) is 66.2. The van der Waals surface area contributed by atoms with Gasteiger partial charge in [0.15, 0.2) is 0 Å². The van der Waals surface area contributed by atoms with Gasteiger partial charge in [-0.15, -0.1) is 0 Å². The van der Waals surface area contributed by atoms with Crippen molar-refractivity contribution < 1.29 is 64.2 Å². The summed E-state index contributed by atoms with van der Waals surface area (Å²) in [5.41, 5.74) is 5.45. The first-order valence-electron chi connectivity index (χ1n) is 49.7. The van der Waals surface area contributed by atoms with Crippen molar-refractivity contribution >= 4 is 41.7 Å². The van der Waals surface area contributed by atoms with Crippen LogP contribution in [0.5, 0.6) is 0 Å². The van der Waals surface area contributed by atoms with Gasteiger partial charge in [-0.25, -0.2) is 0 Å². The molecule has 2 atom stereocenters. The Hall–Kier alpha value is -4.17. The lowest BCUT2D eigenvalue weighted by atomic mass is 9.93. The number of nitrogens with two attached hydrogens (primary N) is 1. The van der Waals surface area contributed by atoms with E-state index in [0.717, 1.165) is 51.9 Å². The highest BCUT2D eigenvalue weighted by Crippen LogP contribution is 2.20. The summed E-state index contributed by atoms with van der Waals surface area (Å²) in [6.07, 6.45) is 91.4. The zero-order valence-corrected chi connectivity index (χ0v) is 78.0. The van der Waals surface area contributed by atoms with Gasteiger partial charge in [0.25, 0.3) is 0 Å². The number of carboxylic acids is 6. The number of amides is 1. The van der Waals surface area contributed by atoms with E-state index >= 15 is 0 Å². The van der Waals surface area contributed by atoms with E-state index in [1.807, 2.05) is 0 Å². The van der Waals surface area contributed by atoms with E-state index < -0.39 is 41.9 Å². The summed E-state index contributed by atoms with van der Waals surface area (Å²) in [5.74, 6) is -4.00. The van der Waals surface area contributed by atoms with Crippen LogP contribution < -0.4 is 32.3 Å². The molecule has 0 saturated heterocycles. The van der Waals surface area contributed by atoms with Gasteiger partial charge in [-0.2, -0.15) is 0 Å². The number of carbonyl (C=O) groups is 7. The summed E-state index contributed by atoms with van der Waals surface area (Å²) in [4.78, 5) is 73.4. The maximum absolute atomic E-state index is 11.4. The number of aliphatic carboxylic acids is 6. The fourth-order valence-corrected chi connectivity index (χ4v) is 13.6. The van der Waals surface area contributed by atoms with E-state index in [1.165, 1.54) is 385 Å². The molecule has 0 aromatic carbocycles. The summed E-state index contributed by atoms with van der Waals surface area (Å²) >= 11 is 0. The minimum absolute atomic E-state index is 0.00187. The number of allylic oxidation sites excluding steroid dienone is 2. The fraction of sp³-hybridized carbons (Fsp3) is 0.908.